The predicted octanol–water partition coefficient (Wildman–Crippen LogP) is 1.70. The molecule has 0 aromatic carbocycles. The van der Waals surface area contributed by atoms with Gasteiger partial charge in [0.05, 0.1) is 11.9 Å². The van der Waals surface area contributed by atoms with Crippen LogP contribution in [0.25, 0.3) is 0 Å². The van der Waals surface area contributed by atoms with E-state index in [0.29, 0.717) is 12.5 Å². The van der Waals surface area contributed by atoms with Gasteiger partial charge in [0.1, 0.15) is 0 Å². The Labute approximate surface area is 102 Å². The highest BCUT2D eigenvalue weighted by atomic mass is 16.1. The number of rotatable bonds is 3. The Morgan fingerprint density at radius 3 is 3.06 bits per heavy atom. The Balaban J connectivity index is 2.01. The minimum atomic E-state index is 0.0699. The molecule has 1 aliphatic rings. The third-order valence-corrected chi connectivity index (χ3v) is 3.44. The molecule has 0 radical (unpaired) electrons. The fraction of sp³-hybridized carbons (Fsp3) is 0.538. The molecule has 1 aromatic heterocycles. The lowest BCUT2D eigenvalue weighted by Gasteiger charge is -2.17. The number of hydrogen-bond donors (Lipinski definition) is 2. The number of anilines is 1. The van der Waals surface area contributed by atoms with E-state index in [0.717, 1.165) is 30.5 Å². The fourth-order valence-corrected chi connectivity index (χ4v) is 2.52. The molecule has 3 N–H and O–H groups in total. The van der Waals surface area contributed by atoms with E-state index >= 15 is 0 Å². The summed E-state index contributed by atoms with van der Waals surface area (Å²) in [5, 5.41) is 2.93. The van der Waals surface area contributed by atoms with Crippen molar-refractivity contribution in [1.29, 1.82) is 0 Å². The van der Waals surface area contributed by atoms with Gasteiger partial charge in [-0.2, -0.15) is 0 Å². The average molecular weight is 233 g/mol. The monoisotopic (exact) mass is 233 g/mol. The zero-order valence-corrected chi connectivity index (χ0v) is 10.1. The first-order chi connectivity index (χ1) is 8.20. The third-order valence-electron chi connectivity index (χ3n) is 3.44. The zero-order chi connectivity index (χ0) is 12.3. The summed E-state index contributed by atoms with van der Waals surface area (Å²) in [7, 11) is 0. The quantitative estimate of drug-likeness (QED) is 0.835. The second-order valence-corrected chi connectivity index (χ2v) is 4.77. The second-order valence-electron chi connectivity index (χ2n) is 4.77. The Morgan fingerprint density at radius 1 is 1.53 bits per heavy atom. The van der Waals surface area contributed by atoms with Crippen molar-refractivity contribution in [2.45, 2.75) is 26.2 Å². The molecule has 4 heteroatoms. The van der Waals surface area contributed by atoms with Crippen molar-refractivity contribution in [3.63, 3.8) is 0 Å². The van der Waals surface area contributed by atoms with Crippen LogP contribution in [0.5, 0.6) is 0 Å². The highest BCUT2D eigenvalue weighted by molar-refractivity contribution is 5.92. The van der Waals surface area contributed by atoms with Gasteiger partial charge in [-0.25, -0.2) is 0 Å². The van der Waals surface area contributed by atoms with E-state index in [4.69, 9.17) is 5.73 Å². The lowest BCUT2D eigenvalue weighted by atomic mass is 9.95. The van der Waals surface area contributed by atoms with E-state index in [-0.39, 0.29) is 11.8 Å². The Morgan fingerprint density at radius 2 is 2.35 bits per heavy atom. The molecule has 1 heterocycles. The Bertz CT molecular complexity index is 405. The zero-order valence-electron chi connectivity index (χ0n) is 10.1. The van der Waals surface area contributed by atoms with Crippen molar-refractivity contribution >= 4 is 11.6 Å². The molecule has 2 atom stereocenters. The maximum Gasteiger partial charge on any atom is 0.227 e. The van der Waals surface area contributed by atoms with Crippen molar-refractivity contribution in [3.05, 3.63) is 24.0 Å². The van der Waals surface area contributed by atoms with Crippen molar-refractivity contribution < 1.29 is 4.79 Å². The molecule has 1 fully saturated rings. The fourth-order valence-electron chi connectivity index (χ4n) is 2.52. The van der Waals surface area contributed by atoms with Gasteiger partial charge in [0.2, 0.25) is 5.91 Å². The van der Waals surface area contributed by atoms with Crippen molar-refractivity contribution in [1.82, 2.24) is 4.98 Å². The highest BCUT2D eigenvalue weighted by Crippen LogP contribution is 2.31. The molecule has 92 valence electrons. The van der Waals surface area contributed by atoms with Crippen LogP contribution in [-0.2, 0) is 4.79 Å². The van der Waals surface area contributed by atoms with Crippen molar-refractivity contribution in [2.75, 3.05) is 11.9 Å². The van der Waals surface area contributed by atoms with Gasteiger partial charge in [0, 0.05) is 12.1 Å². The molecule has 0 aliphatic heterocycles. The van der Waals surface area contributed by atoms with Gasteiger partial charge in [-0.05, 0) is 43.9 Å². The number of carbonyl (C=O) groups is 1. The molecule has 0 saturated heterocycles. The topological polar surface area (TPSA) is 68.0 Å². The summed E-state index contributed by atoms with van der Waals surface area (Å²) in [6.45, 7) is 2.56. The molecule has 2 rings (SSSR count). The summed E-state index contributed by atoms with van der Waals surface area (Å²) in [6.07, 6.45) is 6.57. The maximum absolute atomic E-state index is 12.1. The van der Waals surface area contributed by atoms with Crippen LogP contribution >= 0.6 is 0 Å². The van der Waals surface area contributed by atoms with Gasteiger partial charge in [0.15, 0.2) is 0 Å². The minimum absolute atomic E-state index is 0.0699. The molecular formula is C13H19N3O. The number of aryl methyl sites for hydroxylation is 1. The number of nitrogens with one attached hydrogen (secondary N) is 1. The summed E-state index contributed by atoms with van der Waals surface area (Å²) in [5.74, 6) is 0.499. The minimum Gasteiger partial charge on any atom is -0.330 e. The first kappa shape index (κ1) is 12.0. The number of hydrogen-bond acceptors (Lipinski definition) is 3. The Kier molecular flexibility index (Phi) is 3.74. The summed E-state index contributed by atoms with van der Waals surface area (Å²) >= 11 is 0. The van der Waals surface area contributed by atoms with E-state index < -0.39 is 0 Å². The molecule has 4 nitrogen and oxygen atoms in total. The lowest BCUT2D eigenvalue weighted by Crippen LogP contribution is -2.29. The van der Waals surface area contributed by atoms with E-state index in [1.54, 1.807) is 12.4 Å². The van der Waals surface area contributed by atoms with Crippen LogP contribution in [-0.4, -0.2) is 17.4 Å². The average Bonchev–Trinajstić information content (AvgIpc) is 2.77. The normalized spacial score (nSPS) is 23.6. The first-order valence-electron chi connectivity index (χ1n) is 6.13. The number of aromatic nitrogens is 1. The van der Waals surface area contributed by atoms with E-state index in [1.807, 2.05) is 13.0 Å². The van der Waals surface area contributed by atoms with Crippen LogP contribution in [0.3, 0.4) is 0 Å². The summed E-state index contributed by atoms with van der Waals surface area (Å²) in [4.78, 5) is 16.2. The van der Waals surface area contributed by atoms with Crippen molar-refractivity contribution in [2.24, 2.45) is 17.6 Å². The second kappa shape index (κ2) is 5.27. The van der Waals surface area contributed by atoms with Crippen LogP contribution in [0.1, 0.15) is 24.8 Å². The molecule has 0 spiro atoms. The highest BCUT2D eigenvalue weighted by Gasteiger charge is 2.31. The van der Waals surface area contributed by atoms with Gasteiger partial charge in [0.25, 0.3) is 0 Å². The molecule has 1 aromatic rings. The predicted molar refractivity (Wildman–Crippen MR) is 67.5 cm³/mol. The summed E-state index contributed by atoms with van der Waals surface area (Å²) in [6, 6.07) is 1.93. The number of carbonyl (C=O) groups excluding carboxylic acids is 1. The molecule has 1 saturated carbocycles. The van der Waals surface area contributed by atoms with E-state index in [9.17, 15) is 4.79 Å². The Hall–Kier alpha value is -1.42. The van der Waals surface area contributed by atoms with Crippen LogP contribution in [0.2, 0.25) is 0 Å². The molecule has 0 bridgehead atoms. The smallest absolute Gasteiger partial charge is 0.227 e. The standard InChI is InChI=1S/C13H19N3O/c1-9-5-11(8-15-7-9)16-13(17)12-4-2-3-10(12)6-14/h5,7-8,10,12H,2-4,6,14H2,1H3,(H,16,17). The SMILES string of the molecule is Cc1cncc(NC(=O)C2CCCC2CN)c1. The summed E-state index contributed by atoms with van der Waals surface area (Å²) in [5.41, 5.74) is 7.51. The van der Waals surface area contributed by atoms with Crippen LogP contribution in [0.4, 0.5) is 5.69 Å². The molecule has 2 unspecified atom stereocenters. The number of nitrogens with zero attached hydrogens (tertiary/aromatic N) is 1. The number of amides is 1. The van der Waals surface area contributed by atoms with Gasteiger partial charge >= 0.3 is 0 Å². The van der Waals surface area contributed by atoms with Crippen molar-refractivity contribution in [3.8, 4) is 0 Å². The lowest BCUT2D eigenvalue weighted by molar-refractivity contribution is -0.120. The first-order valence-corrected chi connectivity index (χ1v) is 6.13. The third kappa shape index (κ3) is 2.82. The maximum atomic E-state index is 12.1. The van der Waals surface area contributed by atoms with Gasteiger partial charge in [-0.1, -0.05) is 6.42 Å². The van der Waals surface area contributed by atoms with Crippen LogP contribution < -0.4 is 11.1 Å². The van der Waals surface area contributed by atoms with Gasteiger partial charge in [-0.15, -0.1) is 0 Å². The molecule has 1 aliphatic carbocycles. The molecule has 1 amide bonds. The van der Waals surface area contributed by atoms with Gasteiger partial charge in [-0.3, -0.25) is 9.78 Å². The molecular weight excluding hydrogens is 214 g/mol. The van der Waals surface area contributed by atoms with Gasteiger partial charge < -0.3 is 11.1 Å². The van der Waals surface area contributed by atoms with Crippen LogP contribution in [0.15, 0.2) is 18.5 Å². The molecule has 17 heavy (non-hydrogen) atoms. The largest absolute Gasteiger partial charge is 0.330 e. The number of pyridine rings is 1. The van der Waals surface area contributed by atoms with E-state index in [1.165, 1.54) is 0 Å². The van der Waals surface area contributed by atoms with Crippen LogP contribution in [0, 0.1) is 18.8 Å². The van der Waals surface area contributed by atoms with E-state index in [2.05, 4.69) is 10.3 Å². The number of nitrogens with two attached hydrogens (primary N) is 1. The summed E-state index contributed by atoms with van der Waals surface area (Å²) < 4.78 is 0.